The lowest BCUT2D eigenvalue weighted by Gasteiger charge is -2.17. The highest BCUT2D eigenvalue weighted by Gasteiger charge is 2.21. The van der Waals surface area contributed by atoms with E-state index < -0.39 is 54.3 Å². The van der Waals surface area contributed by atoms with Crippen molar-refractivity contribution in [2.45, 2.75) is 51.2 Å². The molecule has 4 amide bonds. The van der Waals surface area contributed by atoms with E-state index in [1.54, 1.807) is 0 Å². The Balaban J connectivity index is 4.28. The van der Waals surface area contributed by atoms with E-state index in [0.717, 1.165) is 0 Å². The van der Waals surface area contributed by atoms with Crippen LogP contribution < -0.4 is 32.7 Å². The Morgan fingerprint density at radius 2 is 1.43 bits per heavy atom. The van der Waals surface area contributed by atoms with Gasteiger partial charge in [-0.15, -0.1) is 0 Å². The van der Waals surface area contributed by atoms with Gasteiger partial charge in [0.15, 0.2) is 0 Å². The molecular weight excluding hydrogens is 372 g/mol. The summed E-state index contributed by atoms with van der Waals surface area (Å²) < 4.78 is 0. The maximum absolute atomic E-state index is 11.9. The number of nitrogens with one attached hydrogen (secondary N) is 4. The van der Waals surface area contributed by atoms with Crippen LogP contribution in [0.15, 0.2) is 0 Å². The third-order valence-electron chi connectivity index (χ3n) is 3.61. The second kappa shape index (κ2) is 13.4. The summed E-state index contributed by atoms with van der Waals surface area (Å²) in [5.41, 5.74) is 10.7. The average Bonchev–Trinajstić information content (AvgIpc) is 2.62. The number of aliphatic carboxylic acids is 1. The lowest BCUT2D eigenvalue weighted by atomic mass is 10.1. The molecule has 3 atom stereocenters. The van der Waals surface area contributed by atoms with Crippen molar-refractivity contribution < 1.29 is 29.1 Å². The Bertz CT molecular complexity index is 568. The molecule has 0 spiro atoms. The minimum absolute atomic E-state index is 0.228. The Labute approximate surface area is 163 Å². The maximum atomic E-state index is 11.9. The highest BCUT2D eigenvalue weighted by Crippen LogP contribution is 2.00. The van der Waals surface area contributed by atoms with Gasteiger partial charge in [0.1, 0.15) is 12.1 Å². The molecule has 0 rings (SSSR count). The number of carbonyl (C=O) groups excluding carboxylic acids is 4. The quantitative estimate of drug-likeness (QED) is 0.155. The first kappa shape index (κ1) is 25.3. The van der Waals surface area contributed by atoms with E-state index in [4.69, 9.17) is 16.6 Å². The van der Waals surface area contributed by atoms with Crippen molar-refractivity contribution >= 4 is 29.6 Å². The van der Waals surface area contributed by atoms with Crippen molar-refractivity contribution in [3.63, 3.8) is 0 Å². The molecule has 0 aliphatic heterocycles. The normalized spacial score (nSPS) is 13.6. The highest BCUT2D eigenvalue weighted by atomic mass is 16.4. The monoisotopic (exact) mass is 402 g/mol. The fraction of sp³-hybridized carbons (Fsp3) is 0.688. The van der Waals surface area contributed by atoms with Crippen LogP contribution in [0, 0.1) is 0 Å². The number of hydrogen-bond donors (Lipinski definition) is 7. The highest BCUT2D eigenvalue weighted by molar-refractivity contribution is 5.92. The molecule has 0 heterocycles. The lowest BCUT2D eigenvalue weighted by molar-refractivity contribution is -0.142. The summed E-state index contributed by atoms with van der Waals surface area (Å²) in [4.78, 5) is 57.8. The number of unbranched alkanes of at least 4 members (excludes halogenated alkanes) is 1. The average molecular weight is 402 g/mol. The second-order valence-corrected chi connectivity index (χ2v) is 6.26. The van der Waals surface area contributed by atoms with Gasteiger partial charge in [-0.2, -0.15) is 0 Å². The summed E-state index contributed by atoms with van der Waals surface area (Å²) in [6, 6.07) is -2.80. The van der Waals surface area contributed by atoms with E-state index in [9.17, 15) is 24.0 Å². The first-order valence-electron chi connectivity index (χ1n) is 8.91. The van der Waals surface area contributed by atoms with E-state index in [2.05, 4.69) is 21.3 Å². The van der Waals surface area contributed by atoms with E-state index in [1.807, 2.05) is 0 Å². The van der Waals surface area contributed by atoms with Crippen molar-refractivity contribution in [3.8, 4) is 0 Å². The molecule has 0 saturated heterocycles. The van der Waals surface area contributed by atoms with Crippen molar-refractivity contribution in [1.29, 1.82) is 0 Å². The summed E-state index contributed by atoms with van der Waals surface area (Å²) in [6.07, 6.45) is 1.41. The SMILES string of the molecule is CC(N)C(=O)NCC(=O)NC(C)C(=O)NCC(=O)NC(CCCCN)C(=O)O. The third kappa shape index (κ3) is 11.1. The number of nitrogens with two attached hydrogens (primary N) is 2. The molecule has 0 radical (unpaired) electrons. The first-order valence-corrected chi connectivity index (χ1v) is 8.91. The number of amides is 4. The van der Waals surface area contributed by atoms with Crippen LogP contribution in [0.3, 0.4) is 0 Å². The molecule has 160 valence electrons. The summed E-state index contributed by atoms with van der Waals surface area (Å²) in [5, 5.41) is 18.3. The molecule has 12 nitrogen and oxygen atoms in total. The molecule has 28 heavy (non-hydrogen) atoms. The van der Waals surface area contributed by atoms with Crippen molar-refractivity contribution in [3.05, 3.63) is 0 Å². The molecule has 0 saturated carbocycles. The second-order valence-electron chi connectivity index (χ2n) is 6.26. The van der Waals surface area contributed by atoms with Crippen molar-refractivity contribution in [1.82, 2.24) is 21.3 Å². The lowest BCUT2D eigenvalue weighted by Crippen LogP contribution is -2.51. The van der Waals surface area contributed by atoms with Gasteiger partial charge in [0.05, 0.1) is 19.1 Å². The number of carbonyl (C=O) groups is 5. The fourth-order valence-electron chi connectivity index (χ4n) is 2.00. The Morgan fingerprint density at radius 3 is 1.93 bits per heavy atom. The number of rotatable bonds is 13. The molecule has 12 heteroatoms. The van der Waals surface area contributed by atoms with Gasteiger partial charge in [-0.05, 0) is 39.7 Å². The molecule has 0 aliphatic carbocycles. The zero-order valence-electron chi connectivity index (χ0n) is 16.1. The van der Waals surface area contributed by atoms with Crippen LogP contribution in [-0.2, 0) is 24.0 Å². The molecular formula is C16H30N6O6. The molecule has 0 aromatic rings. The maximum Gasteiger partial charge on any atom is 0.326 e. The van der Waals surface area contributed by atoms with Crippen molar-refractivity contribution in [2.75, 3.05) is 19.6 Å². The Kier molecular flexibility index (Phi) is 12.1. The van der Waals surface area contributed by atoms with Gasteiger partial charge < -0.3 is 37.8 Å². The van der Waals surface area contributed by atoms with Gasteiger partial charge in [-0.25, -0.2) is 4.79 Å². The topological polar surface area (TPSA) is 206 Å². The molecule has 9 N–H and O–H groups in total. The smallest absolute Gasteiger partial charge is 0.326 e. The first-order chi connectivity index (χ1) is 13.1. The summed E-state index contributed by atoms with van der Waals surface area (Å²) in [6.45, 7) is 2.49. The van der Waals surface area contributed by atoms with Crippen LogP contribution in [0.4, 0.5) is 0 Å². The van der Waals surface area contributed by atoms with E-state index in [-0.39, 0.29) is 13.0 Å². The number of carboxylic acids is 1. The van der Waals surface area contributed by atoms with Gasteiger partial charge in [0.2, 0.25) is 23.6 Å². The van der Waals surface area contributed by atoms with Crippen LogP contribution >= 0.6 is 0 Å². The van der Waals surface area contributed by atoms with Gasteiger partial charge in [-0.3, -0.25) is 19.2 Å². The predicted octanol–water partition coefficient (Wildman–Crippen LogP) is -3.23. The fourth-order valence-corrected chi connectivity index (χ4v) is 2.00. The number of carboxylic acid groups (broad SMARTS) is 1. The molecule has 0 fully saturated rings. The van der Waals surface area contributed by atoms with E-state index in [0.29, 0.717) is 19.4 Å². The largest absolute Gasteiger partial charge is 0.480 e. The third-order valence-corrected chi connectivity index (χ3v) is 3.61. The minimum Gasteiger partial charge on any atom is -0.480 e. The van der Waals surface area contributed by atoms with Crippen LogP contribution in [0.5, 0.6) is 0 Å². The predicted molar refractivity (Wildman–Crippen MR) is 99.7 cm³/mol. The van der Waals surface area contributed by atoms with Gasteiger partial charge in [-0.1, -0.05) is 0 Å². The van der Waals surface area contributed by atoms with E-state index >= 15 is 0 Å². The zero-order valence-corrected chi connectivity index (χ0v) is 16.1. The zero-order chi connectivity index (χ0) is 21.7. The molecule has 0 aromatic carbocycles. The summed E-state index contributed by atoms with van der Waals surface area (Å²) in [7, 11) is 0. The molecule has 3 unspecified atom stereocenters. The van der Waals surface area contributed by atoms with Gasteiger partial charge in [0, 0.05) is 0 Å². The van der Waals surface area contributed by atoms with Crippen molar-refractivity contribution in [2.24, 2.45) is 11.5 Å². The van der Waals surface area contributed by atoms with Gasteiger partial charge in [0.25, 0.3) is 0 Å². The van der Waals surface area contributed by atoms with Crippen LogP contribution in [0.25, 0.3) is 0 Å². The summed E-state index contributed by atoms with van der Waals surface area (Å²) in [5.74, 6) is -3.60. The standard InChI is InChI=1S/C16H30N6O6/c1-9(18)14(25)19-7-12(23)21-10(2)15(26)20-8-13(24)22-11(16(27)28)5-3-4-6-17/h9-11H,3-8,17-18H2,1-2H3,(H,19,25)(H,20,26)(H,21,23)(H,22,24)(H,27,28). The Morgan fingerprint density at radius 1 is 0.893 bits per heavy atom. The molecule has 0 bridgehead atoms. The summed E-state index contributed by atoms with van der Waals surface area (Å²) >= 11 is 0. The minimum atomic E-state index is -1.17. The van der Waals surface area contributed by atoms with Crippen LogP contribution in [0.1, 0.15) is 33.1 Å². The van der Waals surface area contributed by atoms with Gasteiger partial charge >= 0.3 is 5.97 Å². The molecule has 0 aliphatic rings. The van der Waals surface area contributed by atoms with Crippen LogP contribution in [0.2, 0.25) is 0 Å². The molecule has 0 aromatic heterocycles. The Hall–Kier alpha value is -2.73. The van der Waals surface area contributed by atoms with E-state index in [1.165, 1.54) is 13.8 Å². The van der Waals surface area contributed by atoms with Crippen LogP contribution in [-0.4, -0.2) is 72.5 Å². The number of hydrogen-bond acceptors (Lipinski definition) is 7.